The Kier molecular flexibility index (Phi) is 6.09. The van der Waals surface area contributed by atoms with Crippen molar-refractivity contribution in [3.05, 3.63) is 47.5 Å². The minimum absolute atomic E-state index is 0.138. The third kappa shape index (κ3) is 3.91. The first-order valence-corrected chi connectivity index (χ1v) is 12.5. The summed E-state index contributed by atoms with van der Waals surface area (Å²) in [6.45, 7) is 0.103. The highest BCUT2D eigenvalue weighted by molar-refractivity contribution is 5.47. The highest BCUT2D eigenvalue weighted by atomic mass is 16.8. The Labute approximate surface area is 217 Å². The number of hydrogen-bond acceptors (Lipinski definition) is 12. The molecule has 3 saturated heterocycles. The van der Waals surface area contributed by atoms with Crippen molar-refractivity contribution in [2.75, 3.05) is 26.8 Å². The average Bonchev–Trinajstić information content (AvgIpc) is 3.72. The van der Waals surface area contributed by atoms with E-state index >= 15 is 0 Å². The number of rotatable bonds is 5. The zero-order valence-corrected chi connectivity index (χ0v) is 20.1. The summed E-state index contributed by atoms with van der Waals surface area (Å²) in [4.78, 5) is 0. The van der Waals surface area contributed by atoms with E-state index in [0.29, 0.717) is 29.6 Å². The molecule has 12 heteroatoms. The summed E-state index contributed by atoms with van der Waals surface area (Å²) < 4.78 is 46.5. The molecule has 204 valence electrons. The second-order valence-electron chi connectivity index (χ2n) is 9.98. The van der Waals surface area contributed by atoms with Gasteiger partial charge in [0.1, 0.15) is 24.4 Å². The summed E-state index contributed by atoms with van der Waals surface area (Å²) in [5, 5.41) is 40.7. The molecule has 0 amide bonds. The highest BCUT2D eigenvalue weighted by Crippen LogP contribution is 2.55. The van der Waals surface area contributed by atoms with Crippen LogP contribution in [0.2, 0.25) is 0 Å². The van der Waals surface area contributed by atoms with E-state index in [0.717, 1.165) is 11.1 Å². The van der Waals surface area contributed by atoms with Crippen molar-refractivity contribution in [1.29, 1.82) is 0 Å². The number of ether oxygens (including phenoxy) is 8. The molecule has 0 spiro atoms. The molecule has 0 unspecified atom stereocenters. The molecular formula is C26H28O12. The van der Waals surface area contributed by atoms with E-state index in [4.69, 9.17) is 37.9 Å². The molecule has 0 aromatic heterocycles. The van der Waals surface area contributed by atoms with Crippen LogP contribution in [0.3, 0.4) is 0 Å². The van der Waals surface area contributed by atoms with E-state index in [1.165, 1.54) is 0 Å². The summed E-state index contributed by atoms with van der Waals surface area (Å²) in [7, 11) is 0. The monoisotopic (exact) mass is 532 g/mol. The van der Waals surface area contributed by atoms with E-state index < -0.39 is 55.8 Å². The molecule has 38 heavy (non-hydrogen) atoms. The van der Waals surface area contributed by atoms with Gasteiger partial charge in [-0.3, -0.25) is 0 Å². The Balaban J connectivity index is 1.20. The fourth-order valence-corrected chi connectivity index (χ4v) is 5.89. The van der Waals surface area contributed by atoms with Crippen LogP contribution in [-0.4, -0.2) is 84.2 Å². The normalized spacial score (nSPS) is 38.9. The molecule has 12 nitrogen and oxygen atoms in total. The molecule has 5 heterocycles. The molecule has 3 fully saturated rings. The van der Waals surface area contributed by atoms with Crippen molar-refractivity contribution < 1.29 is 58.3 Å². The number of benzene rings is 2. The highest BCUT2D eigenvalue weighted by Gasteiger charge is 2.56. The lowest BCUT2D eigenvalue weighted by Crippen LogP contribution is -2.60. The van der Waals surface area contributed by atoms with Gasteiger partial charge in [-0.25, -0.2) is 0 Å². The van der Waals surface area contributed by atoms with Crippen molar-refractivity contribution in [2.24, 2.45) is 11.8 Å². The van der Waals surface area contributed by atoms with Gasteiger partial charge in [0.2, 0.25) is 13.6 Å². The molecule has 5 aliphatic rings. The van der Waals surface area contributed by atoms with E-state index in [2.05, 4.69) is 0 Å². The van der Waals surface area contributed by atoms with Crippen LogP contribution in [0.1, 0.15) is 23.3 Å². The predicted octanol–water partition coefficient (Wildman–Crippen LogP) is 0.362. The van der Waals surface area contributed by atoms with Crippen molar-refractivity contribution >= 4 is 0 Å². The van der Waals surface area contributed by atoms with Crippen LogP contribution in [0.25, 0.3) is 0 Å². The molecule has 0 radical (unpaired) electrons. The Bertz CT molecular complexity index is 1130. The second kappa shape index (κ2) is 9.50. The summed E-state index contributed by atoms with van der Waals surface area (Å²) in [5.41, 5.74) is 1.69. The first-order chi connectivity index (χ1) is 18.5. The predicted molar refractivity (Wildman–Crippen MR) is 123 cm³/mol. The standard InChI is InChI=1S/C26H28O12/c27-7-18-20(28)21(29)22(30)26(36-18)38-25-19-13(23(37-25)11-1-3-14-16(5-11)34-9-32-14)8-31-24(19)12-2-4-15-17(6-12)35-10-33-15/h1-6,13,18-30H,7-10H2/t13-,18+,19-,20+,21-,22+,23+,24+,25-,26-/m0/s1. The summed E-state index contributed by atoms with van der Waals surface area (Å²) in [6.07, 6.45) is -8.90. The van der Waals surface area contributed by atoms with Gasteiger partial charge in [-0.15, -0.1) is 0 Å². The van der Waals surface area contributed by atoms with Gasteiger partial charge in [0.25, 0.3) is 0 Å². The summed E-state index contributed by atoms with van der Waals surface area (Å²) in [5.74, 6) is 2.06. The fourth-order valence-electron chi connectivity index (χ4n) is 5.89. The lowest BCUT2D eigenvalue weighted by atomic mass is 9.84. The molecule has 10 atom stereocenters. The van der Waals surface area contributed by atoms with E-state index in [1.807, 2.05) is 36.4 Å². The van der Waals surface area contributed by atoms with Crippen molar-refractivity contribution in [2.45, 2.75) is 49.2 Å². The van der Waals surface area contributed by atoms with E-state index in [-0.39, 0.29) is 25.4 Å². The molecule has 5 aliphatic heterocycles. The first-order valence-electron chi connectivity index (χ1n) is 12.5. The summed E-state index contributed by atoms with van der Waals surface area (Å²) >= 11 is 0. The maximum absolute atomic E-state index is 10.6. The van der Waals surface area contributed by atoms with Crippen LogP contribution in [0, 0.1) is 11.8 Å². The van der Waals surface area contributed by atoms with E-state index in [1.54, 1.807) is 0 Å². The average molecular weight is 532 g/mol. The topological polar surface area (TPSA) is 155 Å². The minimum atomic E-state index is -1.57. The Hall–Kier alpha value is -2.68. The summed E-state index contributed by atoms with van der Waals surface area (Å²) in [6, 6.07) is 11.2. The van der Waals surface area contributed by atoms with Crippen LogP contribution in [0.15, 0.2) is 36.4 Å². The first kappa shape index (κ1) is 24.4. The lowest BCUT2D eigenvalue weighted by Gasteiger charge is -2.41. The molecule has 0 aliphatic carbocycles. The zero-order chi connectivity index (χ0) is 26.0. The van der Waals surface area contributed by atoms with Crippen molar-refractivity contribution in [1.82, 2.24) is 0 Å². The molecule has 4 N–H and O–H groups in total. The number of fused-ring (bicyclic) bond motifs is 3. The lowest BCUT2D eigenvalue weighted by molar-refractivity contribution is -0.341. The number of aliphatic hydroxyl groups excluding tert-OH is 4. The minimum Gasteiger partial charge on any atom is -0.454 e. The fraction of sp³-hybridized carbons (Fsp3) is 0.538. The molecule has 0 saturated carbocycles. The van der Waals surface area contributed by atoms with Crippen molar-refractivity contribution in [3.63, 3.8) is 0 Å². The van der Waals surface area contributed by atoms with Gasteiger partial charge < -0.3 is 58.3 Å². The maximum Gasteiger partial charge on any atom is 0.231 e. The Morgan fingerprint density at radius 3 is 2.00 bits per heavy atom. The number of hydrogen-bond donors (Lipinski definition) is 4. The largest absolute Gasteiger partial charge is 0.454 e. The smallest absolute Gasteiger partial charge is 0.231 e. The molecule has 2 aromatic carbocycles. The van der Waals surface area contributed by atoms with Gasteiger partial charge in [0, 0.05) is 11.8 Å². The van der Waals surface area contributed by atoms with Crippen LogP contribution in [0.5, 0.6) is 23.0 Å². The molecule has 2 aromatic rings. The van der Waals surface area contributed by atoms with Gasteiger partial charge >= 0.3 is 0 Å². The molecule has 0 bridgehead atoms. The van der Waals surface area contributed by atoms with Gasteiger partial charge in [0.15, 0.2) is 35.6 Å². The number of aliphatic hydroxyl groups is 4. The molecular weight excluding hydrogens is 504 g/mol. The Morgan fingerprint density at radius 2 is 1.34 bits per heavy atom. The molecule has 7 rings (SSSR count). The van der Waals surface area contributed by atoms with Gasteiger partial charge in [-0.05, 0) is 35.4 Å². The third-order valence-electron chi connectivity index (χ3n) is 7.86. The quantitative estimate of drug-likeness (QED) is 0.420. The van der Waals surface area contributed by atoms with Gasteiger partial charge in [0.05, 0.1) is 25.4 Å². The van der Waals surface area contributed by atoms with Crippen molar-refractivity contribution in [3.8, 4) is 23.0 Å². The zero-order valence-electron chi connectivity index (χ0n) is 20.1. The van der Waals surface area contributed by atoms with Gasteiger partial charge in [-0.1, -0.05) is 12.1 Å². The van der Waals surface area contributed by atoms with Crippen LogP contribution in [-0.2, 0) is 18.9 Å². The van der Waals surface area contributed by atoms with E-state index in [9.17, 15) is 20.4 Å². The Morgan fingerprint density at radius 1 is 0.711 bits per heavy atom. The third-order valence-corrected chi connectivity index (χ3v) is 7.86. The van der Waals surface area contributed by atoms with Crippen LogP contribution >= 0.6 is 0 Å². The maximum atomic E-state index is 10.6. The van der Waals surface area contributed by atoms with Crippen LogP contribution < -0.4 is 18.9 Å². The second-order valence-corrected chi connectivity index (χ2v) is 9.98. The SMILES string of the molecule is OC[C@H]1O[C@@H](O[C@@H]2O[C@H](c3ccc4c(c3)OCO4)[C@H]3CO[C@H](c4ccc5c(c4)OCO5)[C@@H]23)[C@H](O)[C@@H](O)[C@@H]1O. The van der Waals surface area contributed by atoms with Crippen LogP contribution in [0.4, 0.5) is 0 Å². The van der Waals surface area contributed by atoms with Gasteiger partial charge in [-0.2, -0.15) is 0 Å².